The third kappa shape index (κ3) is 3.38. The summed E-state index contributed by atoms with van der Waals surface area (Å²) in [5, 5.41) is 16.7. The molecule has 2 fully saturated rings. The zero-order chi connectivity index (χ0) is 23.4. The number of carboxylic acid groups (broad SMARTS) is 1. The molecule has 0 saturated carbocycles. The summed E-state index contributed by atoms with van der Waals surface area (Å²) in [6.07, 6.45) is 11.9. The van der Waals surface area contributed by atoms with E-state index in [0.717, 1.165) is 36.6 Å². The maximum atomic E-state index is 12.0. The summed E-state index contributed by atoms with van der Waals surface area (Å²) in [5.74, 6) is -1.10. The molecule has 6 heteroatoms. The SMILES string of the molecule is C[Si]1(C)C2=CC(=[N+]3CCCC3)C=CC2=C(c2sccc2C(=O)[O-])c2ccc(N3CCCC3)cc21. The summed E-state index contributed by atoms with van der Waals surface area (Å²) in [6.45, 7) is 9.38. The van der Waals surface area contributed by atoms with E-state index < -0.39 is 14.0 Å². The van der Waals surface area contributed by atoms with Crippen LogP contribution in [-0.4, -0.2) is 50.5 Å². The van der Waals surface area contributed by atoms with Crippen LogP contribution in [0.25, 0.3) is 5.57 Å². The van der Waals surface area contributed by atoms with Gasteiger partial charge in [0, 0.05) is 59.8 Å². The van der Waals surface area contributed by atoms with Gasteiger partial charge in [-0.05, 0) is 64.0 Å². The molecule has 0 unspecified atom stereocenters. The van der Waals surface area contributed by atoms with Crippen LogP contribution in [0.4, 0.5) is 5.69 Å². The molecule has 1 aromatic heterocycles. The normalized spacial score (nSPS) is 21.1. The third-order valence-corrected chi connectivity index (χ3v) is 12.4. The highest BCUT2D eigenvalue weighted by Crippen LogP contribution is 2.44. The Bertz CT molecular complexity index is 1310. The van der Waals surface area contributed by atoms with Crippen molar-refractivity contribution in [1.29, 1.82) is 0 Å². The van der Waals surface area contributed by atoms with E-state index in [-0.39, 0.29) is 0 Å². The van der Waals surface area contributed by atoms with Gasteiger partial charge in [-0.15, -0.1) is 11.3 Å². The van der Waals surface area contributed by atoms with Crippen LogP contribution in [0.5, 0.6) is 0 Å². The molecule has 6 rings (SSSR count). The molecule has 1 aliphatic carbocycles. The van der Waals surface area contributed by atoms with Gasteiger partial charge in [0.05, 0.1) is 5.97 Å². The van der Waals surface area contributed by atoms with Gasteiger partial charge in [-0.25, -0.2) is 4.58 Å². The first-order valence-electron chi connectivity index (χ1n) is 12.4. The minimum absolute atomic E-state index is 0.297. The maximum absolute atomic E-state index is 12.0. The van der Waals surface area contributed by atoms with Gasteiger partial charge in [0.2, 0.25) is 0 Å². The highest BCUT2D eigenvalue weighted by molar-refractivity contribution is 7.11. The Kier molecular flexibility index (Phi) is 5.26. The van der Waals surface area contributed by atoms with E-state index in [4.69, 9.17) is 0 Å². The van der Waals surface area contributed by atoms with Crippen molar-refractivity contribution in [1.82, 2.24) is 0 Å². The summed E-state index contributed by atoms with van der Waals surface area (Å²) >= 11 is 1.51. The van der Waals surface area contributed by atoms with Gasteiger partial charge in [0.15, 0.2) is 5.71 Å². The van der Waals surface area contributed by atoms with Crippen molar-refractivity contribution in [3.8, 4) is 0 Å². The lowest BCUT2D eigenvalue weighted by molar-refractivity contribution is -0.504. The molecule has 174 valence electrons. The smallest absolute Gasteiger partial charge is 0.199 e. The second-order valence-corrected chi connectivity index (χ2v) is 15.5. The maximum Gasteiger partial charge on any atom is 0.199 e. The minimum atomic E-state index is -2.03. The van der Waals surface area contributed by atoms with Crippen LogP contribution >= 0.6 is 11.3 Å². The number of allylic oxidation sites excluding steroid dienone is 5. The van der Waals surface area contributed by atoms with Gasteiger partial charge in [0.1, 0.15) is 21.2 Å². The Morgan fingerprint density at radius 1 is 1.06 bits per heavy atom. The van der Waals surface area contributed by atoms with Crippen molar-refractivity contribution in [3.63, 3.8) is 0 Å². The van der Waals surface area contributed by atoms with Crippen LogP contribution in [0.1, 0.15) is 46.5 Å². The lowest BCUT2D eigenvalue weighted by atomic mass is 9.92. The van der Waals surface area contributed by atoms with Crippen LogP contribution < -0.4 is 15.2 Å². The number of hydrogen-bond acceptors (Lipinski definition) is 4. The number of rotatable bonds is 3. The fourth-order valence-electron chi connectivity index (χ4n) is 6.08. The average molecular weight is 487 g/mol. The Hall–Kier alpha value is -2.70. The van der Waals surface area contributed by atoms with E-state index in [1.807, 2.05) is 5.38 Å². The number of carboxylic acids is 1. The monoisotopic (exact) mass is 486 g/mol. The van der Waals surface area contributed by atoms with Gasteiger partial charge in [-0.2, -0.15) is 0 Å². The van der Waals surface area contributed by atoms with Crippen LogP contribution in [0.2, 0.25) is 13.1 Å². The molecule has 1 aromatic carbocycles. The van der Waals surface area contributed by atoms with Crippen molar-refractivity contribution in [2.45, 2.75) is 38.8 Å². The molecular weight excluding hydrogens is 456 g/mol. The zero-order valence-electron chi connectivity index (χ0n) is 19.9. The molecule has 0 amide bonds. The van der Waals surface area contributed by atoms with E-state index in [1.54, 1.807) is 6.07 Å². The Morgan fingerprint density at radius 3 is 2.56 bits per heavy atom. The van der Waals surface area contributed by atoms with E-state index in [1.165, 1.54) is 69.9 Å². The minimum Gasteiger partial charge on any atom is -0.545 e. The lowest BCUT2D eigenvalue weighted by Gasteiger charge is -2.38. The zero-order valence-corrected chi connectivity index (χ0v) is 21.7. The van der Waals surface area contributed by atoms with Crippen LogP contribution in [0.15, 0.2) is 58.6 Å². The van der Waals surface area contributed by atoms with E-state index in [2.05, 4.69) is 59.0 Å². The highest BCUT2D eigenvalue weighted by atomic mass is 32.1. The number of fused-ring (bicyclic) bond motifs is 2. The number of benzene rings is 1. The standard InChI is InChI=1S/C28H30N2O2SSi/c1-34(2)24-17-19(29-12-3-4-13-29)7-9-21(24)26(27-23(28(31)32)11-16-33-27)22-10-8-20(18-25(22)34)30-14-5-6-15-30/h7-11,16-18H,3-6,12-15H2,1-2H3. The number of carbonyl (C=O) groups excluding carboxylic acids is 1. The van der Waals surface area contributed by atoms with Crippen molar-refractivity contribution >= 4 is 47.5 Å². The van der Waals surface area contributed by atoms with E-state index >= 15 is 0 Å². The predicted octanol–water partition coefficient (Wildman–Crippen LogP) is 3.73. The number of aromatic carboxylic acids is 1. The molecule has 34 heavy (non-hydrogen) atoms. The molecule has 2 saturated heterocycles. The second-order valence-electron chi connectivity index (χ2n) is 10.3. The van der Waals surface area contributed by atoms with Crippen molar-refractivity contribution in [2.24, 2.45) is 0 Å². The van der Waals surface area contributed by atoms with Crippen molar-refractivity contribution < 1.29 is 14.5 Å². The molecule has 0 radical (unpaired) electrons. The molecule has 3 aliphatic heterocycles. The first-order chi connectivity index (χ1) is 16.4. The molecule has 2 aromatic rings. The van der Waals surface area contributed by atoms with Crippen LogP contribution in [-0.2, 0) is 0 Å². The second kappa shape index (κ2) is 8.20. The number of carbonyl (C=O) groups is 1. The van der Waals surface area contributed by atoms with Gasteiger partial charge < -0.3 is 14.8 Å². The van der Waals surface area contributed by atoms with Gasteiger partial charge in [0.25, 0.3) is 0 Å². The number of thiophene rings is 1. The molecule has 0 spiro atoms. The molecule has 0 N–H and O–H groups in total. The first-order valence-corrected chi connectivity index (χ1v) is 16.3. The number of hydrogen-bond donors (Lipinski definition) is 0. The number of nitrogens with zero attached hydrogens (tertiary/aromatic N) is 2. The van der Waals surface area contributed by atoms with Gasteiger partial charge in [-0.1, -0.05) is 19.2 Å². The first kappa shape index (κ1) is 21.8. The van der Waals surface area contributed by atoms with Crippen LogP contribution in [0, 0.1) is 0 Å². The number of anilines is 1. The summed E-state index contributed by atoms with van der Waals surface area (Å²) < 4.78 is 2.50. The van der Waals surface area contributed by atoms with Crippen LogP contribution in [0.3, 0.4) is 0 Å². The summed E-state index contributed by atoms with van der Waals surface area (Å²) in [6, 6.07) is 8.61. The topological polar surface area (TPSA) is 46.4 Å². The quantitative estimate of drug-likeness (QED) is 0.491. The molecular formula is C28H30N2O2SSi. The molecule has 4 heterocycles. The fraction of sp³-hybridized carbons (Fsp3) is 0.357. The Labute approximate surface area is 206 Å². The van der Waals surface area contributed by atoms with Gasteiger partial charge in [-0.3, -0.25) is 0 Å². The van der Waals surface area contributed by atoms with Crippen molar-refractivity contribution in [2.75, 3.05) is 31.1 Å². The molecule has 4 nitrogen and oxygen atoms in total. The van der Waals surface area contributed by atoms with Crippen molar-refractivity contribution in [3.05, 3.63) is 74.6 Å². The third-order valence-electron chi connectivity index (χ3n) is 7.95. The molecule has 0 bridgehead atoms. The molecule has 0 atom stereocenters. The van der Waals surface area contributed by atoms with Gasteiger partial charge >= 0.3 is 0 Å². The predicted molar refractivity (Wildman–Crippen MR) is 141 cm³/mol. The summed E-state index contributed by atoms with van der Waals surface area (Å²) in [5.41, 5.74) is 6.37. The lowest BCUT2D eigenvalue weighted by Crippen LogP contribution is -2.50. The highest BCUT2D eigenvalue weighted by Gasteiger charge is 2.41. The molecule has 4 aliphatic rings. The Morgan fingerprint density at radius 2 is 1.82 bits per heavy atom. The largest absolute Gasteiger partial charge is 0.545 e. The summed E-state index contributed by atoms with van der Waals surface area (Å²) in [7, 11) is -2.03. The Balaban J connectivity index is 1.61. The summed E-state index contributed by atoms with van der Waals surface area (Å²) in [4.78, 5) is 15.3. The fourth-order valence-corrected chi connectivity index (χ4v) is 10.1. The average Bonchev–Trinajstić information content (AvgIpc) is 3.62. The van der Waals surface area contributed by atoms with E-state index in [9.17, 15) is 9.90 Å². The van der Waals surface area contributed by atoms with E-state index in [0.29, 0.717) is 5.56 Å².